The molecular formula is C13H18ClN5S. The second kappa shape index (κ2) is 6.88. The Bertz CT molecular complexity index is 572. The van der Waals surface area contributed by atoms with Gasteiger partial charge in [-0.25, -0.2) is 15.8 Å². The van der Waals surface area contributed by atoms with Crippen LogP contribution in [0.15, 0.2) is 18.2 Å². The lowest BCUT2D eigenvalue weighted by atomic mass is 10.3. The first-order valence-corrected chi connectivity index (χ1v) is 7.61. The van der Waals surface area contributed by atoms with Gasteiger partial charge in [0, 0.05) is 24.4 Å². The molecule has 2 heterocycles. The zero-order chi connectivity index (χ0) is 14.5. The monoisotopic (exact) mass is 311 g/mol. The molecule has 0 saturated heterocycles. The van der Waals surface area contributed by atoms with Crippen LogP contribution in [0.25, 0.3) is 0 Å². The molecule has 20 heavy (non-hydrogen) atoms. The van der Waals surface area contributed by atoms with Crippen molar-refractivity contribution in [3.8, 4) is 0 Å². The van der Waals surface area contributed by atoms with Crippen molar-refractivity contribution in [1.29, 1.82) is 0 Å². The molecular weight excluding hydrogens is 294 g/mol. The molecule has 2 aromatic rings. The first-order valence-electron chi connectivity index (χ1n) is 6.42. The number of thiophene rings is 1. The molecule has 7 heteroatoms. The van der Waals surface area contributed by atoms with Crippen LogP contribution in [0.3, 0.4) is 0 Å². The minimum absolute atomic E-state index is 0.634. The predicted octanol–water partition coefficient (Wildman–Crippen LogP) is 3.07. The van der Waals surface area contributed by atoms with Gasteiger partial charge in [0.05, 0.1) is 10.9 Å². The third kappa shape index (κ3) is 3.82. The number of anilines is 2. The maximum absolute atomic E-state index is 5.95. The molecule has 108 valence electrons. The van der Waals surface area contributed by atoms with E-state index in [-0.39, 0.29) is 0 Å². The van der Waals surface area contributed by atoms with E-state index in [4.69, 9.17) is 17.4 Å². The number of nitrogens with one attached hydrogen (secondary N) is 1. The van der Waals surface area contributed by atoms with E-state index in [1.807, 2.05) is 25.2 Å². The molecule has 0 aliphatic carbocycles. The molecule has 0 radical (unpaired) electrons. The van der Waals surface area contributed by atoms with Crippen LogP contribution in [0.2, 0.25) is 4.34 Å². The SMILES string of the molecule is CCCc1nc(NN)cc(N(C)Cc2ccc(Cl)s2)n1. The number of nitrogens with zero attached hydrogens (tertiary/aromatic N) is 3. The lowest BCUT2D eigenvalue weighted by Gasteiger charge is -2.18. The summed E-state index contributed by atoms with van der Waals surface area (Å²) >= 11 is 7.53. The van der Waals surface area contributed by atoms with E-state index < -0.39 is 0 Å². The molecule has 0 unspecified atom stereocenters. The number of halogens is 1. The number of nitrogens with two attached hydrogens (primary N) is 1. The molecule has 2 aromatic heterocycles. The fraction of sp³-hybridized carbons (Fsp3) is 0.385. The molecule has 0 aliphatic heterocycles. The third-order valence-corrected chi connectivity index (χ3v) is 4.01. The number of hydrogen-bond donors (Lipinski definition) is 2. The van der Waals surface area contributed by atoms with Gasteiger partial charge in [0.2, 0.25) is 0 Å². The zero-order valence-corrected chi connectivity index (χ0v) is 13.1. The smallest absolute Gasteiger partial charge is 0.145 e. The summed E-state index contributed by atoms with van der Waals surface area (Å²) in [6.45, 7) is 2.85. The molecule has 5 nitrogen and oxygen atoms in total. The van der Waals surface area contributed by atoms with Crippen molar-refractivity contribution in [2.24, 2.45) is 5.84 Å². The maximum Gasteiger partial charge on any atom is 0.145 e. The Morgan fingerprint density at radius 3 is 2.80 bits per heavy atom. The van der Waals surface area contributed by atoms with Crippen molar-refractivity contribution in [2.75, 3.05) is 17.4 Å². The summed E-state index contributed by atoms with van der Waals surface area (Å²) in [6.07, 6.45) is 1.83. The highest BCUT2D eigenvalue weighted by Crippen LogP contribution is 2.24. The van der Waals surface area contributed by atoms with E-state index >= 15 is 0 Å². The highest BCUT2D eigenvalue weighted by molar-refractivity contribution is 7.16. The second-order valence-electron chi connectivity index (χ2n) is 4.48. The van der Waals surface area contributed by atoms with E-state index in [9.17, 15) is 0 Å². The van der Waals surface area contributed by atoms with Crippen molar-refractivity contribution < 1.29 is 0 Å². The lowest BCUT2D eigenvalue weighted by Crippen LogP contribution is -2.19. The van der Waals surface area contributed by atoms with Crippen LogP contribution in [-0.4, -0.2) is 17.0 Å². The Labute approximate surface area is 127 Å². The van der Waals surface area contributed by atoms with E-state index in [2.05, 4.69) is 27.2 Å². The van der Waals surface area contributed by atoms with Crippen molar-refractivity contribution in [2.45, 2.75) is 26.3 Å². The summed E-state index contributed by atoms with van der Waals surface area (Å²) in [5, 5.41) is 0. The van der Waals surface area contributed by atoms with Crippen molar-refractivity contribution in [3.63, 3.8) is 0 Å². The first kappa shape index (κ1) is 15.0. The third-order valence-electron chi connectivity index (χ3n) is 2.79. The Morgan fingerprint density at radius 1 is 1.40 bits per heavy atom. The average molecular weight is 312 g/mol. The normalized spacial score (nSPS) is 10.6. The van der Waals surface area contributed by atoms with Gasteiger partial charge < -0.3 is 10.3 Å². The van der Waals surface area contributed by atoms with Gasteiger partial charge >= 0.3 is 0 Å². The van der Waals surface area contributed by atoms with Gasteiger partial charge in [-0.1, -0.05) is 18.5 Å². The van der Waals surface area contributed by atoms with Gasteiger partial charge in [-0.2, -0.15) is 0 Å². The number of nitrogen functional groups attached to an aromatic ring is 1. The van der Waals surface area contributed by atoms with Crippen LogP contribution in [0.1, 0.15) is 24.0 Å². The highest BCUT2D eigenvalue weighted by atomic mass is 35.5. The number of aromatic nitrogens is 2. The van der Waals surface area contributed by atoms with Gasteiger partial charge in [-0.05, 0) is 18.6 Å². The van der Waals surface area contributed by atoms with Gasteiger partial charge in [0.1, 0.15) is 17.5 Å². The summed E-state index contributed by atoms with van der Waals surface area (Å²) < 4.78 is 0.798. The molecule has 0 spiro atoms. The standard InChI is InChI=1S/C13H18ClN5S/c1-3-4-11-16-12(18-15)7-13(17-11)19(2)8-9-5-6-10(14)20-9/h5-7H,3-4,8,15H2,1-2H3,(H,16,17,18). The summed E-state index contributed by atoms with van der Waals surface area (Å²) in [5.74, 6) is 7.75. The summed E-state index contributed by atoms with van der Waals surface area (Å²) in [4.78, 5) is 12.2. The Hall–Kier alpha value is -1.37. The molecule has 0 fully saturated rings. The van der Waals surface area contributed by atoms with Gasteiger partial charge in [0.15, 0.2) is 0 Å². The Kier molecular flexibility index (Phi) is 5.17. The van der Waals surface area contributed by atoms with Gasteiger partial charge in [-0.3, -0.25) is 0 Å². The Balaban J connectivity index is 2.19. The quantitative estimate of drug-likeness (QED) is 0.634. The molecule has 0 aliphatic rings. The van der Waals surface area contributed by atoms with Gasteiger partial charge in [0.25, 0.3) is 0 Å². The van der Waals surface area contributed by atoms with Crippen LogP contribution in [0.4, 0.5) is 11.6 Å². The molecule has 0 aromatic carbocycles. The molecule has 0 amide bonds. The van der Waals surface area contributed by atoms with Crippen LogP contribution in [0.5, 0.6) is 0 Å². The Morgan fingerprint density at radius 2 is 2.20 bits per heavy atom. The van der Waals surface area contributed by atoms with E-state index in [0.717, 1.165) is 35.4 Å². The van der Waals surface area contributed by atoms with Crippen molar-refractivity contribution >= 4 is 34.6 Å². The summed E-state index contributed by atoms with van der Waals surface area (Å²) in [5.41, 5.74) is 2.59. The lowest BCUT2D eigenvalue weighted by molar-refractivity contribution is 0.815. The van der Waals surface area contributed by atoms with E-state index in [1.165, 1.54) is 4.88 Å². The summed E-state index contributed by atoms with van der Waals surface area (Å²) in [7, 11) is 1.99. The fourth-order valence-electron chi connectivity index (χ4n) is 1.84. The van der Waals surface area contributed by atoms with E-state index in [0.29, 0.717) is 5.82 Å². The van der Waals surface area contributed by atoms with E-state index in [1.54, 1.807) is 11.3 Å². The predicted molar refractivity (Wildman–Crippen MR) is 85.3 cm³/mol. The minimum Gasteiger partial charge on any atom is -0.354 e. The second-order valence-corrected chi connectivity index (χ2v) is 6.28. The van der Waals surface area contributed by atoms with Crippen LogP contribution >= 0.6 is 22.9 Å². The zero-order valence-electron chi connectivity index (χ0n) is 11.6. The van der Waals surface area contributed by atoms with Crippen molar-refractivity contribution in [3.05, 3.63) is 33.2 Å². The largest absolute Gasteiger partial charge is 0.354 e. The number of aryl methyl sites for hydroxylation is 1. The van der Waals surface area contributed by atoms with Crippen LogP contribution in [-0.2, 0) is 13.0 Å². The molecule has 3 N–H and O–H groups in total. The van der Waals surface area contributed by atoms with Crippen LogP contribution < -0.4 is 16.2 Å². The van der Waals surface area contributed by atoms with Crippen molar-refractivity contribution in [1.82, 2.24) is 9.97 Å². The number of rotatable bonds is 6. The summed E-state index contributed by atoms with van der Waals surface area (Å²) in [6, 6.07) is 5.78. The molecule has 2 rings (SSSR count). The maximum atomic E-state index is 5.95. The minimum atomic E-state index is 0.634. The van der Waals surface area contributed by atoms with Crippen LogP contribution in [0, 0.1) is 0 Å². The topological polar surface area (TPSA) is 67.1 Å². The average Bonchev–Trinajstić information content (AvgIpc) is 2.84. The van der Waals surface area contributed by atoms with Gasteiger partial charge in [-0.15, -0.1) is 11.3 Å². The molecule has 0 saturated carbocycles. The first-order chi connectivity index (χ1) is 9.62. The number of hydrazine groups is 1. The highest BCUT2D eigenvalue weighted by Gasteiger charge is 2.09. The molecule has 0 atom stereocenters. The fourth-order valence-corrected chi connectivity index (χ4v) is 2.98. The molecule has 0 bridgehead atoms. The number of hydrogen-bond acceptors (Lipinski definition) is 6.